The summed E-state index contributed by atoms with van der Waals surface area (Å²) in [4.78, 5) is 4.18. The largest absolute Gasteiger partial charge is 0.497 e. The maximum absolute atomic E-state index is 13.6. The Balaban J connectivity index is 0.00000312. The van der Waals surface area contributed by atoms with Gasteiger partial charge in [0.1, 0.15) is 11.6 Å². The summed E-state index contributed by atoms with van der Waals surface area (Å²) in [5.41, 5.74) is 1.93. The lowest BCUT2D eigenvalue weighted by atomic mass is 10.1. The van der Waals surface area contributed by atoms with Gasteiger partial charge in [-0.3, -0.25) is 4.99 Å². The van der Waals surface area contributed by atoms with Gasteiger partial charge in [-0.2, -0.15) is 0 Å². The van der Waals surface area contributed by atoms with Crippen LogP contribution in [0.2, 0.25) is 0 Å². The predicted molar refractivity (Wildman–Crippen MR) is 112 cm³/mol. The number of nitrogens with one attached hydrogen (secondary N) is 2. The summed E-state index contributed by atoms with van der Waals surface area (Å²) in [6, 6.07) is 14.8. The molecule has 0 atom stereocenters. The molecule has 0 bridgehead atoms. The monoisotopic (exact) mass is 457 g/mol. The Bertz CT molecular complexity index is 662. The molecule has 2 aromatic carbocycles. The third kappa shape index (κ3) is 7.29. The summed E-state index contributed by atoms with van der Waals surface area (Å²) in [5, 5.41) is 6.46. The molecule has 0 aliphatic carbocycles. The fourth-order valence-electron chi connectivity index (χ4n) is 2.35. The van der Waals surface area contributed by atoms with Crippen LogP contribution < -0.4 is 15.4 Å². The van der Waals surface area contributed by atoms with Gasteiger partial charge < -0.3 is 15.4 Å². The first-order valence-electron chi connectivity index (χ1n) is 8.04. The topological polar surface area (TPSA) is 45.7 Å². The summed E-state index contributed by atoms with van der Waals surface area (Å²) in [6.45, 7) is 1.40. The van der Waals surface area contributed by atoms with E-state index in [-0.39, 0.29) is 29.8 Å². The molecule has 0 spiro atoms. The molecule has 0 heterocycles. The summed E-state index contributed by atoms with van der Waals surface area (Å²) >= 11 is 0. The van der Waals surface area contributed by atoms with Crippen LogP contribution in [0.5, 0.6) is 5.75 Å². The molecular formula is C19H25FIN3O. The van der Waals surface area contributed by atoms with Gasteiger partial charge in [0.25, 0.3) is 0 Å². The van der Waals surface area contributed by atoms with Crippen molar-refractivity contribution < 1.29 is 9.13 Å². The van der Waals surface area contributed by atoms with Gasteiger partial charge in [-0.05, 0) is 42.2 Å². The van der Waals surface area contributed by atoms with Crippen LogP contribution >= 0.6 is 24.0 Å². The number of aliphatic imine (C=N–C) groups is 1. The van der Waals surface area contributed by atoms with Crippen molar-refractivity contribution in [1.82, 2.24) is 10.6 Å². The Kier molecular flexibility index (Phi) is 9.91. The number of hydrogen-bond donors (Lipinski definition) is 2. The molecule has 2 aromatic rings. The Morgan fingerprint density at radius 2 is 1.64 bits per heavy atom. The highest BCUT2D eigenvalue weighted by Crippen LogP contribution is 2.11. The van der Waals surface area contributed by atoms with E-state index in [1.807, 2.05) is 18.2 Å². The Labute approximate surface area is 165 Å². The third-order valence-corrected chi connectivity index (χ3v) is 3.73. The van der Waals surface area contributed by atoms with E-state index in [4.69, 9.17) is 4.74 Å². The maximum atomic E-state index is 13.6. The highest BCUT2D eigenvalue weighted by molar-refractivity contribution is 14.0. The second kappa shape index (κ2) is 11.7. The molecule has 0 saturated heterocycles. The van der Waals surface area contributed by atoms with Crippen molar-refractivity contribution >= 4 is 29.9 Å². The number of ether oxygens (including phenoxy) is 1. The number of methoxy groups -OCH3 is 1. The minimum Gasteiger partial charge on any atom is -0.497 e. The molecule has 0 aliphatic heterocycles. The smallest absolute Gasteiger partial charge is 0.190 e. The van der Waals surface area contributed by atoms with E-state index in [0.717, 1.165) is 24.7 Å². The standard InChI is InChI=1S/C19H24FN3O.HI/c1-21-19(23-14-12-16-5-3-4-6-18(16)20)22-13-11-15-7-9-17(24-2)10-8-15;/h3-10H,11-14H2,1-2H3,(H2,21,22,23);1H. The first-order chi connectivity index (χ1) is 11.7. The molecule has 136 valence electrons. The number of nitrogens with zero attached hydrogens (tertiary/aromatic N) is 1. The van der Waals surface area contributed by atoms with Crippen LogP contribution in [0.4, 0.5) is 4.39 Å². The molecule has 0 amide bonds. The minimum absolute atomic E-state index is 0. The second-order valence-electron chi connectivity index (χ2n) is 5.37. The van der Waals surface area contributed by atoms with Gasteiger partial charge in [-0.1, -0.05) is 30.3 Å². The molecule has 6 heteroatoms. The van der Waals surface area contributed by atoms with Gasteiger partial charge in [0.15, 0.2) is 5.96 Å². The Hall–Kier alpha value is -1.83. The Morgan fingerprint density at radius 1 is 1.00 bits per heavy atom. The van der Waals surface area contributed by atoms with Crippen molar-refractivity contribution in [2.45, 2.75) is 12.8 Å². The van der Waals surface area contributed by atoms with Gasteiger partial charge >= 0.3 is 0 Å². The lowest BCUT2D eigenvalue weighted by molar-refractivity contribution is 0.414. The maximum Gasteiger partial charge on any atom is 0.190 e. The van der Waals surface area contributed by atoms with Crippen LogP contribution in [0.15, 0.2) is 53.5 Å². The summed E-state index contributed by atoms with van der Waals surface area (Å²) in [6.07, 6.45) is 1.50. The normalized spacial score (nSPS) is 10.8. The lowest BCUT2D eigenvalue weighted by Gasteiger charge is -2.12. The van der Waals surface area contributed by atoms with Crippen LogP contribution in [0.3, 0.4) is 0 Å². The SMILES string of the molecule is CN=C(NCCc1ccc(OC)cc1)NCCc1ccccc1F.I. The van der Waals surface area contributed by atoms with Crippen LogP contribution in [-0.4, -0.2) is 33.2 Å². The number of halogens is 2. The lowest BCUT2D eigenvalue weighted by Crippen LogP contribution is -2.39. The molecule has 2 rings (SSSR count). The Morgan fingerprint density at radius 3 is 2.24 bits per heavy atom. The zero-order chi connectivity index (χ0) is 17.2. The molecule has 0 aromatic heterocycles. The van der Waals surface area contributed by atoms with E-state index >= 15 is 0 Å². The quantitative estimate of drug-likeness (QED) is 0.381. The van der Waals surface area contributed by atoms with E-state index < -0.39 is 0 Å². The van der Waals surface area contributed by atoms with Gasteiger partial charge in [-0.25, -0.2) is 4.39 Å². The summed E-state index contributed by atoms with van der Waals surface area (Å²) in [7, 11) is 3.39. The fourth-order valence-corrected chi connectivity index (χ4v) is 2.35. The summed E-state index contributed by atoms with van der Waals surface area (Å²) < 4.78 is 18.7. The first kappa shape index (κ1) is 21.2. The van der Waals surface area contributed by atoms with E-state index in [1.54, 1.807) is 26.3 Å². The molecule has 0 radical (unpaired) electrons. The van der Waals surface area contributed by atoms with Crippen LogP contribution in [0.25, 0.3) is 0 Å². The zero-order valence-electron chi connectivity index (χ0n) is 14.6. The average Bonchev–Trinajstić information content (AvgIpc) is 2.62. The minimum atomic E-state index is -0.165. The molecular weight excluding hydrogens is 432 g/mol. The van der Waals surface area contributed by atoms with Crippen LogP contribution in [0.1, 0.15) is 11.1 Å². The van der Waals surface area contributed by atoms with Gasteiger partial charge in [-0.15, -0.1) is 24.0 Å². The summed E-state index contributed by atoms with van der Waals surface area (Å²) in [5.74, 6) is 1.42. The van der Waals surface area contributed by atoms with E-state index in [9.17, 15) is 4.39 Å². The molecule has 0 saturated carbocycles. The van der Waals surface area contributed by atoms with Crippen molar-refractivity contribution in [1.29, 1.82) is 0 Å². The highest BCUT2D eigenvalue weighted by Gasteiger charge is 2.02. The van der Waals surface area contributed by atoms with Crippen molar-refractivity contribution in [3.63, 3.8) is 0 Å². The number of benzene rings is 2. The highest BCUT2D eigenvalue weighted by atomic mass is 127. The number of hydrogen-bond acceptors (Lipinski definition) is 2. The molecule has 25 heavy (non-hydrogen) atoms. The molecule has 4 nitrogen and oxygen atoms in total. The van der Waals surface area contributed by atoms with Crippen molar-refractivity contribution in [2.24, 2.45) is 4.99 Å². The first-order valence-corrected chi connectivity index (χ1v) is 8.04. The van der Waals surface area contributed by atoms with E-state index in [0.29, 0.717) is 18.5 Å². The second-order valence-corrected chi connectivity index (χ2v) is 5.37. The van der Waals surface area contributed by atoms with E-state index in [2.05, 4.69) is 27.8 Å². The van der Waals surface area contributed by atoms with Crippen LogP contribution in [0, 0.1) is 5.82 Å². The average molecular weight is 457 g/mol. The van der Waals surface area contributed by atoms with Crippen molar-refractivity contribution in [3.8, 4) is 5.75 Å². The van der Waals surface area contributed by atoms with Gasteiger partial charge in [0.05, 0.1) is 7.11 Å². The van der Waals surface area contributed by atoms with E-state index in [1.165, 1.54) is 11.6 Å². The molecule has 0 unspecified atom stereocenters. The fraction of sp³-hybridized carbons (Fsp3) is 0.316. The molecule has 0 fully saturated rings. The number of rotatable bonds is 7. The predicted octanol–water partition coefficient (Wildman–Crippen LogP) is 3.40. The van der Waals surface area contributed by atoms with Crippen molar-refractivity contribution in [2.75, 3.05) is 27.2 Å². The zero-order valence-corrected chi connectivity index (χ0v) is 16.9. The van der Waals surface area contributed by atoms with Gasteiger partial charge in [0, 0.05) is 20.1 Å². The third-order valence-electron chi connectivity index (χ3n) is 3.73. The van der Waals surface area contributed by atoms with Crippen molar-refractivity contribution in [3.05, 3.63) is 65.5 Å². The van der Waals surface area contributed by atoms with Gasteiger partial charge in [0.2, 0.25) is 0 Å². The molecule has 2 N–H and O–H groups in total. The number of guanidine groups is 1. The van der Waals surface area contributed by atoms with Crippen LogP contribution in [-0.2, 0) is 12.8 Å². The molecule has 0 aliphatic rings.